The minimum atomic E-state index is 0.711. The molecule has 1 aromatic carbocycles. The Morgan fingerprint density at radius 2 is 2.29 bits per heavy atom. The highest BCUT2D eigenvalue weighted by Crippen LogP contribution is 2.22. The molecule has 1 aliphatic rings. The van der Waals surface area contributed by atoms with Gasteiger partial charge in [-0.2, -0.15) is 0 Å². The van der Waals surface area contributed by atoms with Crippen molar-refractivity contribution in [1.29, 1.82) is 0 Å². The maximum absolute atomic E-state index is 3.55. The molecule has 1 unspecified atom stereocenters. The van der Waals surface area contributed by atoms with Crippen LogP contribution in [0.25, 0.3) is 0 Å². The van der Waals surface area contributed by atoms with Gasteiger partial charge in [0.2, 0.25) is 0 Å². The van der Waals surface area contributed by atoms with Crippen molar-refractivity contribution in [3.8, 4) is 0 Å². The van der Waals surface area contributed by atoms with E-state index in [2.05, 4.69) is 35.8 Å². The smallest absolute Gasteiger partial charge is 0.0108 e. The molecular formula is C12H17NS. The van der Waals surface area contributed by atoms with Gasteiger partial charge >= 0.3 is 0 Å². The van der Waals surface area contributed by atoms with Crippen LogP contribution in [0.15, 0.2) is 29.2 Å². The standard InChI is InChI=1S/C12H17NS/c1-14-12-7-3-2-5-10(12)9-11-6-4-8-13-11/h2-3,5,7,11,13H,4,6,8-9H2,1H3. The molecular weight excluding hydrogens is 190 g/mol. The highest BCUT2D eigenvalue weighted by Gasteiger charge is 2.15. The molecule has 0 aromatic heterocycles. The average molecular weight is 207 g/mol. The Balaban J connectivity index is 2.07. The Morgan fingerprint density at radius 1 is 1.43 bits per heavy atom. The molecule has 2 heteroatoms. The normalized spacial score (nSPS) is 21.4. The fraction of sp³-hybridized carbons (Fsp3) is 0.500. The largest absolute Gasteiger partial charge is 0.314 e. The van der Waals surface area contributed by atoms with Crippen molar-refractivity contribution in [2.45, 2.75) is 30.2 Å². The van der Waals surface area contributed by atoms with E-state index in [0.717, 1.165) is 0 Å². The van der Waals surface area contributed by atoms with Gasteiger partial charge in [0.1, 0.15) is 0 Å². The number of benzene rings is 1. The molecule has 0 spiro atoms. The quantitative estimate of drug-likeness (QED) is 0.765. The Bertz CT molecular complexity index is 292. The molecule has 76 valence electrons. The highest BCUT2D eigenvalue weighted by atomic mass is 32.2. The van der Waals surface area contributed by atoms with Gasteiger partial charge in [0.05, 0.1) is 0 Å². The third-order valence-electron chi connectivity index (χ3n) is 2.82. The summed E-state index contributed by atoms with van der Waals surface area (Å²) in [6.45, 7) is 1.20. The van der Waals surface area contributed by atoms with Crippen molar-refractivity contribution < 1.29 is 0 Å². The van der Waals surface area contributed by atoms with E-state index in [1.165, 1.54) is 36.3 Å². The van der Waals surface area contributed by atoms with Crippen molar-refractivity contribution in [1.82, 2.24) is 5.32 Å². The Kier molecular flexibility index (Phi) is 3.49. The number of nitrogens with one attached hydrogen (secondary N) is 1. The first-order chi connectivity index (χ1) is 6.90. The lowest BCUT2D eigenvalue weighted by molar-refractivity contribution is 0.599. The lowest BCUT2D eigenvalue weighted by Gasteiger charge is -2.12. The second-order valence-electron chi connectivity index (χ2n) is 3.81. The van der Waals surface area contributed by atoms with Crippen LogP contribution in [0, 0.1) is 0 Å². The van der Waals surface area contributed by atoms with Crippen LogP contribution >= 0.6 is 11.8 Å². The van der Waals surface area contributed by atoms with Crippen molar-refractivity contribution in [3.05, 3.63) is 29.8 Å². The molecule has 0 bridgehead atoms. The summed E-state index contributed by atoms with van der Waals surface area (Å²) in [6.07, 6.45) is 6.02. The van der Waals surface area contributed by atoms with Gasteiger partial charge < -0.3 is 5.32 Å². The zero-order valence-corrected chi connectivity index (χ0v) is 9.44. The summed E-state index contributed by atoms with van der Waals surface area (Å²) in [6, 6.07) is 9.45. The van der Waals surface area contributed by atoms with Gasteiger partial charge in [0.25, 0.3) is 0 Å². The summed E-state index contributed by atoms with van der Waals surface area (Å²) in [5.74, 6) is 0. The molecule has 0 aliphatic carbocycles. The first-order valence-corrected chi connectivity index (χ1v) is 6.48. The lowest BCUT2D eigenvalue weighted by atomic mass is 10.0. The molecule has 1 aliphatic heterocycles. The molecule has 2 rings (SSSR count). The van der Waals surface area contributed by atoms with Crippen LogP contribution < -0.4 is 5.32 Å². The van der Waals surface area contributed by atoms with Crippen LogP contribution in [0.1, 0.15) is 18.4 Å². The summed E-state index contributed by atoms with van der Waals surface area (Å²) in [7, 11) is 0. The maximum Gasteiger partial charge on any atom is 0.0108 e. The molecule has 1 atom stereocenters. The van der Waals surface area contributed by atoms with E-state index < -0.39 is 0 Å². The van der Waals surface area contributed by atoms with Gasteiger partial charge in [-0.1, -0.05) is 18.2 Å². The topological polar surface area (TPSA) is 12.0 Å². The predicted octanol–water partition coefficient (Wildman–Crippen LogP) is 2.70. The Labute approximate surface area is 90.3 Å². The van der Waals surface area contributed by atoms with E-state index in [1.807, 2.05) is 11.8 Å². The number of hydrogen-bond acceptors (Lipinski definition) is 2. The SMILES string of the molecule is CSc1ccccc1CC1CCCN1. The van der Waals surface area contributed by atoms with Gasteiger partial charge in [-0.15, -0.1) is 11.8 Å². The first kappa shape index (κ1) is 10.1. The maximum atomic E-state index is 3.55. The average Bonchev–Trinajstić information content (AvgIpc) is 2.71. The minimum Gasteiger partial charge on any atom is -0.314 e. The van der Waals surface area contributed by atoms with Crippen molar-refractivity contribution >= 4 is 11.8 Å². The van der Waals surface area contributed by atoms with Crippen LogP contribution in [0.4, 0.5) is 0 Å². The third-order valence-corrected chi connectivity index (χ3v) is 3.66. The molecule has 1 fully saturated rings. The summed E-state index contributed by atoms with van der Waals surface area (Å²) >= 11 is 1.85. The Hall–Kier alpha value is -0.470. The van der Waals surface area contributed by atoms with E-state index in [-0.39, 0.29) is 0 Å². The zero-order chi connectivity index (χ0) is 9.80. The summed E-state index contributed by atoms with van der Waals surface area (Å²) in [5.41, 5.74) is 1.50. The third kappa shape index (κ3) is 2.31. The molecule has 1 N–H and O–H groups in total. The zero-order valence-electron chi connectivity index (χ0n) is 8.62. The van der Waals surface area contributed by atoms with Crippen LogP contribution in [0.2, 0.25) is 0 Å². The van der Waals surface area contributed by atoms with E-state index in [9.17, 15) is 0 Å². The van der Waals surface area contributed by atoms with Crippen molar-refractivity contribution in [2.75, 3.05) is 12.8 Å². The molecule has 0 radical (unpaired) electrons. The lowest BCUT2D eigenvalue weighted by Crippen LogP contribution is -2.23. The molecule has 0 saturated carbocycles. The highest BCUT2D eigenvalue weighted by molar-refractivity contribution is 7.98. The predicted molar refractivity (Wildman–Crippen MR) is 63.0 cm³/mol. The summed E-state index contributed by atoms with van der Waals surface area (Å²) in [5, 5.41) is 3.55. The Morgan fingerprint density at radius 3 is 3.00 bits per heavy atom. The monoisotopic (exact) mass is 207 g/mol. The van der Waals surface area contributed by atoms with Gasteiger partial charge in [0.15, 0.2) is 0 Å². The van der Waals surface area contributed by atoms with Crippen LogP contribution in [0.3, 0.4) is 0 Å². The molecule has 0 amide bonds. The van der Waals surface area contributed by atoms with Crippen LogP contribution in [-0.4, -0.2) is 18.8 Å². The molecule has 1 heterocycles. The van der Waals surface area contributed by atoms with Gasteiger partial charge in [-0.25, -0.2) is 0 Å². The minimum absolute atomic E-state index is 0.711. The molecule has 14 heavy (non-hydrogen) atoms. The first-order valence-electron chi connectivity index (χ1n) is 5.25. The van der Waals surface area contributed by atoms with E-state index in [1.54, 1.807) is 0 Å². The van der Waals surface area contributed by atoms with E-state index in [0.29, 0.717) is 6.04 Å². The summed E-state index contributed by atoms with van der Waals surface area (Å²) in [4.78, 5) is 1.43. The number of hydrogen-bond donors (Lipinski definition) is 1. The molecule has 1 nitrogen and oxygen atoms in total. The van der Waals surface area contributed by atoms with Crippen LogP contribution in [-0.2, 0) is 6.42 Å². The summed E-state index contributed by atoms with van der Waals surface area (Å²) < 4.78 is 0. The van der Waals surface area contributed by atoms with E-state index in [4.69, 9.17) is 0 Å². The van der Waals surface area contributed by atoms with Gasteiger partial charge in [-0.05, 0) is 43.7 Å². The van der Waals surface area contributed by atoms with Gasteiger partial charge in [0, 0.05) is 10.9 Å². The van der Waals surface area contributed by atoms with Crippen LogP contribution in [0.5, 0.6) is 0 Å². The fourth-order valence-electron chi connectivity index (χ4n) is 2.07. The molecule has 1 saturated heterocycles. The van der Waals surface area contributed by atoms with E-state index >= 15 is 0 Å². The fourth-order valence-corrected chi connectivity index (χ4v) is 2.70. The number of thioether (sulfide) groups is 1. The van der Waals surface area contributed by atoms with Crippen molar-refractivity contribution in [2.24, 2.45) is 0 Å². The van der Waals surface area contributed by atoms with Gasteiger partial charge in [-0.3, -0.25) is 0 Å². The second kappa shape index (κ2) is 4.85. The van der Waals surface area contributed by atoms with Crippen molar-refractivity contribution in [3.63, 3.8) is 0 Å². The second-order valence-corrected chi connectivity index (χ2v) is 4.66. The number of rotatable bonds is 3. The molecule has 1 aromatic rings.